The van der Waals surface area contributed by atoms with Gasteiger partial charge in [-0.1, -0.05) is 0 Å². The number of Topliss-reactive ketones (excluding diaryl/α,β-unsaturated/α-hetero) is 1. The molecule has 0 aromatic heterocycles. The Bertz CT molecular complexity index is 360. The van der Waals surface area contributed by atoms with Crippen LogP contribution in [0.3, 0.4) is 0 Å². The zero-order valence-electron chi connectivity index (χ0n) is 6.23. The number of fused-ring (bicyclic) bond motifs is 1. The van der Waals surface area contributed by atoms with E-state index in [-0.39, 0.29) is 11.6 Å². The number of hydrogen-bond donors (Lipinski definition) is 0. The van der Waals surface area contributed by atoms with Crippen LogP contribution in [-0.4, -0.2) is 5.78 Å². The molecule has 1 aliphatic carbocycles. The summed E-state index contributed by atoms with van der Waals surface area (Å²) in [7, 11) is 0. The van der Waals surface area contributed by atoms with E-state index in [1.165, 1.54) is 6.07 Å². The molecule has 0 amide bonds. The van der Waals surface area contributed by atoms with Crippen LogP contribution < -0.4 is 0 Å². The summed E-state index contributed by atoms with van der Waals surface area (Å²) in [6.45, 7) is 0. The van der Waals surface area contributed by atoms with Crippen molar-refractivity contribution in [1.29, 1.82) is 0 Å². The second-order valence-electron chi connectivity index (χ2n) is 2.81. The molecule has 0 bridgehead atoms. The van der Waals surface area contributed by atoms with Crippen molar-refractivity contribution in [3.63, 3.8) is 0 Å². The van der Waals surface area contributed by atoms with Crippen LogP contribution in [0.1, 0.15) is 22.3 Å². The molecule has 1 aliphatic rings. The van der Waals surface area contributed by atoms with Crippen LogP contribution >= 0.6 is 22.6 Å². The monoisotopic (exact) mass is 276 g/mol. The van der Waals surface area contributed by atoms with Crippen molar-refractivity contribution in [3.05, 3.63) is 32.6 Å². The summed E-state index contributed by atoms with van der Waals surface area (Å²) in [5.41, 5.74) is 1.21. The summed E-state index contributed by atoms with van der Waals surface area (Å²) in [6, 6.07) is 3.08. The summed E-state index contributed by atoms with van der Waals surface area (Å²) < 4.78 is 14.0. The van der Waals surface area contributed by atoms with E-state index in [2.05, 4.69) is 22.6 Å². The zero-order valence-corrected chi connectivity index (χ0v) is 8.39. The topological polar surface area (TPSA) is 17.1 Å². The van der Waals surface area contributed by atoms with Gasteiger partial charge in [-0.25, -0.2) is 4.39 Å². The Morgan fingerprint density at radius 2 is 2.08 bits per heavy atom. The molecule has 1 nitrogen and oxygen atoms in total. The minimum absolute atomic E-state index is 0.0777. The number of ketones is 1. The number of rotatable bonds is 0. The molecule has 3 heteroatoms. The van der Waals surface area contributed by atoms with Crippen molar-refractivity contribution in [2.45, 2.75) is 12.8 Å². The highest BCUT2D eigenvalue weighted by Crippen LogP contribution is 2.28. The standard InChI is InChI=1S/C9H6FIO/c10-6-2-3-7(11)9-5(6)1-4-8(9)12/h2-3H,1,4H2. The lowest BCUT2D eigenvalue weighted by Gasteiger charge is -2.00. The largest absolute Gasteiger partial charge is 0.294 e. The Labute approximate surface area is 83.1 Å². The summed E-state index contributed by atoms with van der Waals surface area (Å²) in [6.07, 6.45) is 1.03. The molecule has 0 aliphatic heterocycles. The molecule has 0 saturated carbocycles. The van der Waals surface area contributed by atoms with Crippen molar-refractivity contribution in [3.8, 4) is 0 Å². The van der Waals surface area contributed by atoms with Crippen LogP contribution in [0, 0.1) is 9.39 Å². The van der Waals surface area contributed by atoms with Gasteiger partial charge < -0.3 is 0 Å². The summed E-state index contributed by atoms with van der Waals surface area (Å²) in [5, 5.41) is 0. The number of hydrogen-bond acceptors (Lipinski definition) is 1. The quantitative estimate of drug-likeness (QED) is 0.665. The van der Waals surface area contributed by atoms with Gasteiger partial charge in [0, 0.05) is 21.1 Å². The molecular weight excluding hydrogens is 270 g/mol. The van der Waals surface area contributed by atoms with Crippen LogP contribution in [0.25, 0.3) is 0 Å². The van der Waals surface area contributed by atoms with Gasteiger partial charge in [0.2, 0.25) is 0 Å². The third-order valence-electron chi connectivity index (χ3n) is 2.09. The van der Waals surface area contributed by atoms with Crippen molar-refractivity contribution in [2.75, 3.05) is 0 Å². The highest BCUT2D eigenvalue weighted by molar-refractivity contribution is 14.1. The Morgan fingerprint density at radius 3 is 2.75 bits per heavy atom. The Hall–Kier alpha value is -0.450. The Balaban J connectivity index is 2.72. The predicted octanol–water partition coefficient (Wildman–Crippen LogP) is 2.56. The van der Waals surface area contributed by atoms with Gasteiger partial charge in [-0.15, -0.1) is 0 Å². The van der Waals surface area contributed by atoms with Gasteiger partial charge in [0.05, 0.1) is 0 Å². The highest BCUT2D eigenvalue weighted by atomic mass is 127. The third kappa shape index (κ3) is 1.07. The smallest absolute Gasteiger partial charge is 0.164 e. The van der Waals surface area contributed by atoms with Gasteiger partial charge in [0.25, 0.3) is 0 Å². The molecule has 0 radical (unpaired) electrons. The molecular formula is C9H6FIO. The predicted molar refractivity (Wildman–Crippen MR) is 51.8 cm³/mol. The molecule has 0 heterocycles. The molecule has 1 aromatic rings. The van der Waals surface area contributed by atoms with Gasteiger partial charge >= 0.3 is 0 Å². The van der Waals surface area contributed by atoms with Gasteiger partial charge in [-0.05, 0) is 41.1 Å². The number of halogens is 2. The first kappa shape index (κ1) is 8.16. The maximum absolute atomic E-state index is 13.1. The second kappa shape index (κ2) is 2.80. The van der Waals surface area contributed by atoms with Crippen molar-refractivity contribution in [2.24, 2.45) is 0 Å². The van der Waals surface area contributed by atoms with Gasteiger partial charge in [0.1, 0.15) is 5.82 Å². The third-order valence-corrected chi connectivity index (χ3v) is 2.98. The molecule has 0 unspecified atom stereocenters. The SMILES string of the molecule is O=C1CCc2c(F)ccc(I)c21. The summed E-state index contributed by atoms with van der Waals surface area (Å²) >= 11 is 2.07. The van der Waals surface area contributed by atoms with E-state index in [9.17, 15) is 9.18 Å². The average molecular weight is 276 g/mol. The Morgan fingerprint density at radius 1 is 1.33 bits per heavy atom. The van der Waals surface area contributed by atoms with E-state index in [0.717, 1.165) is 3.57 Å². The number of benzene rings is 1. The first-order chi connectivity index (χ1) is 5.70. The van der Waals surface area contributed by atoms with E-state index >= 15 is 0 Å². The van der Waals surface area contributed by atoms with Gasteiger partial charge in [-0.3, -0.25) is 4.79 Å². The molecule has 0 N–H and O–H groups in total. The highest BCUT2D eigenvalue weighted by Gasteiger charge is 2.24. The molecule has 0 saturated heterocycles. The number of carbonyl (C=O) groups excluding carboxylic acids is 1. The molecule has 12 heavy (non-hydrogen) atoms. The lowest BCUT2D eigenvalue weighted by molar-refractivity contribution is 0.0994. The minimum Gasteiger partial charge on any atom is -0.294 e. The van der Waals surface area contributed by atoms with Gasteiger partial charge in [0.15, 0.2) is 5.78 Å². The van der Waals surface area contributed by atoms with Crippen LogP contribution in [0.15, 0.2) is 12.1 Å². The normalized spacial score (nSPS) is 15.0. The van der Waals surface area contributed by atoms with E-state index in [4.69, 9.17) is 0 Å². The first-order valence-electron chi connectivity index (χ1n) is 3.70. The molecule has 2 rings (SSSR count). The van der Waals surface area contributed by atoms with E-state index in [1.807, 2.05) is 0 Å². The lowest BCUT2D eigenvalue weighted by atomic mass is 10.1. The summed E-state index contributed by atoms with van der Waals surface area (Å²) in [4.78, 5) is 11.3. The van der Waals surface area contributed by atoms with E-state index < -0.39 is 0 Å². The fraction of sp³-hybridized carbons (Fsp3) is 0.222. The van der Waals surface area contributed by atoms with Gasteiger partial charge in [-0.2, -0.15) is 0 Å². The lowest BCUT2D eigenvalue weighted by Crippen LogP contribution is -1.96. The maximum Gasteiger partial charge on any atom is 0.164 e. The fourth-order valence-electron chi connectivity index (χ4n) is 1.50. The molecule has 1 aromatic carbocycles. The van der Waals surface area contributed by atoms with Crippen LogP contribution in [0.5, 0.6) is 0 Å². The summed E-state index contributed by atoms with van der Waals surface area (Å²) in [5.74, 6) is -0.162. The molecule has 62 valence electrons. The number of carbonyl (C=O) groups is 1. The van der Waals surface area contributed by atoms with Crippen molar-refractivity contribution < 1.29 is 9.18 Å². The van der Waals surface area contributed by atoms with Crippen LogP contribution in [-0.2, 0) is 6.42 Å². The van der Waals surface area contributed by atoms with Crippen molar-refractivity contribution >= 4 is 28.4 Å². The molecule has 0 atom stereocenters. The van der Waals surface area contributed by atoms with E-state index in [1.54, 1.807) is 6.07 Å². The Kier molecular flexibility index (Phi) is 1.90. The molecule has 0 spiro atoms. The first-order valence-corrected chi connectivity index (χ1v) is 4.78. The van der Waals surface area contributed by atoms with Crippen LogP contribution in [0.4, 0.5) is 4.39 Å². The maximum atomic E-state index is 13.1. The van der Waals surface area contributed by atoms with Crippen LogP contribution in [0.2, 0.25) is 0 Å². The molecule has 0 fully saturated rings. The zero-order chi connectivity index (χ0) is 8.72. The fourth-order valence-corrected chi connectivity index (χ4v) is 2.31. The van der Waals surface area contributed by atoms with E-state index in [0.29, 0.717) is 24.0 Å². The van der Waals surface area contributed by atoms with Crippen molar-refractivity contribution in [1.82, 2.24) is 0 Å². The average Bonchev–Trinajstić information content (AvgIpc) is 2.42. The minimum atomic E-state index is -0.240. The second-order valence-corrected chi connectivity index (χ2v) is 3.97.